The van der Waals surface area contributed by atoms with Crippen LogP contribution >= 0.6 is 11.8 Å². The summed E-state index contributed by atoms with van der Waals surface area (Å²) in [5, 5.41) is 0.850. The van der Waals surface area contributed by atoms with E-state index in [4.69, 9.17) is 10.2 Å². The normalized spacial score (nSPS) is 10.4. The van der Waals surface area contributed by atoms with Crippen LogP contribution in [0.2, 0.25) is 0 Å². The predicted octanol–water partition coefficient (Wildman–Crippen LogP) is 2.64. The Bertz CT molecular complexity index is 578. The molecule has 2 N–H and O–H groups in total. The van der Waals surface area contributed by atoms with Gasteiger partial charge in [0.05, 0.1) is 29.8 Å². The number of nitrogens with zero attached hydrogens (tertiary/aromatic N) is 1. The second kappa shape index (κ2) is 5.79. The van der Waals surface area contributed by atoms with Crippen LogP contribution in [0.15, 0.2) is 33.8 Å². The minimum Gasteiger partial charge on any atom is -0.463 e. The quantitative estimate of drug-likeness (QED) is 0.684. The van der Waals surface area contributed by atoms with Crippen molar-refractivity contribution in [3.05, 3.63) is 41.5 Å². The van der Waals surface area contributed by atoms with Gasteiger partial charge in [0.1, 0.15) is 5.76 Å². The highest BCUT2D eigenvalue weighted by molar-refractivity contribution is 7.98. The zero-order chi connectivity index (χ0) is 13.8. The molecule has 0 amide bonds. The molecule has 0 aliphatic carbocycles. The summed E-state index contributed by atoms with van der Waals surface area (Å²) in [5.41, 5.74) is 6.97. The van der Waals surface area contributed by atoms with Gasteiger partial charge in [0.25, 0.3) is 0 Å². The summed E-state index contributed by atoms with van der Waals surface area (Å²) >= 11 is 1.51. The number of aryl methyl sites for hydroxylation is 1. The molecule has 0 saturated carbocycles. The molecule has 0 aliphatic heterocycles. The molecular formula is C13H14N2O3S. The molecule has 0 radical (unpaired) electrons. The standard InChI is InChI=1S/C13H14N2O3S/c1-8-5-10(18-12(8)13(16)17-2)7-19-11-4-3-9(14)6-15-11/h3-6H,7,14H2,1-2H3. The molecule has 0 atom stereocenters. The maximum atomic E-state index is 11.4. The van der Waals surface area contributed by atoms with Crippen molar-refractivity contribution in [3.63, 3.8) is 0 Å². The number of hydrogen-bond donors (Lipinski definition) is 1. The zero-order valence-electron chi connectivity index (χ0n) is 10.7. The van der Waals surface area contributed by atoms with Gasteiger partial charge < -0.3 is 14.9 Å². The van der Waals surface area contributed by atoms with E-state index >= 15 is 0 Å². The number of esters is 1. The predicted molar refractivity (Wildman–Crippen MR) is 73.0 cm³/mol. The van der Waals surface area contributed by atoms with E-state index in [2.05, 4.69) is 9.72 Å². The van der Waals surface area contributed by atoms with E-state index in [9.17, 15) is 4.79 Å². The Morgan fingerprint density at radius 3 is 2.95 bits per heavy atom. The molecule has 0 bridgehead atoms. The fourth-order valence-electron chi connectivity index (χ4n) is 1.54. The molecule has 0 fully saturated rings. The number of nitrogen functional groups attached to an aromatic ring is 1. The van der Waals surface area contributed by atoms with Gasteiger partial charge >= 0.3 is 5.97 Å². The molecule has 2 heterocycles. The average Bonchev–Trinajstić information content (AvgIpc) is 2.78. The molecule has 0 aliphatic rings. The zero-order valence-corrected chi connectivity index (χ0v) is 11.5. The number of aromatic nitrogens is 1. The highest BCUT2D eigenvalue weighted by Crippen LogP contribution is 2.24. The summed E-state index contributed by atoms with van der Waals surface area (Å²) in [6.45, 7) is 1.81. The number of carbonyl (C=O) groups is 1. The lowest BCUT2D eigenvalue weighted by Crippen LogP contribution is -2.00. The third-order valence-electron chi connectivity index (χ3n) is 2.46. The molecule has 2 aromatic heterocycles. The molecule has 0 aromatic carbocycles. The summed E-state index contributed by atoms with van der Waals surface area (Å²) < 4.78 is 10.1. The van der Waals surface area contributed by atoms with Gasteiger partial charge in [0, 0.05) is 5.56 Å². The second-order valence-electron chi connectivity index (χ2n) is 3.93. The maximum absolute atomic E-state index is 11.4. The highest BCUT2D eigenvalue weighted by atomic mass is 32.2. The van der Waals surface area contributed by atoms with Gasteiger partial charge in [-0.25, -0.2) is 9.78 Å². The van der Waals surface area contributed by atoms with Crippen molar-refractivity contribution in [2.24, 2.45) is 0 Å². The number of methoxy groups -OCH3 is 1. The van der Waals surface area contributed by atoms with E-state index in [1.54, 1.807) is 12.3 Å². The van der Waals surface area contributed by atoms with Crippen LogP contribution in [0.3, 0.4) is 0 Å². The van der Waals surface area contributed by atoms with Gasteiger partial charge in [0.2, 0.25) is 5.76 Å². The first-order valence-electron chi connectivity index (χ1n) is 5.62. The molecule has 0 saturated heterocycles. The van der Waals surface area contributed by atoms with E-state index in [0.29, 0.717) is 17.2 Å². The summed E-state index contributed by atoms with van der Waals surface area (Å²) in [6.07, 6.45) is 1.61. The molecule has 2 rings (SSSR count). The van der Waals surface area contributed by atoms with Crippen LogP contribution in [0.1, 0.15) is 21.9 Å². The van der Waals surface area contributed by atoms with Crippen molar-refractivity contribution < 1.29 is 13.9 Å². The van der Waals surface area contributed by atoms with Crippen LogP contribution < -0.4 is 5.73 Å². The fourth-order valence-corrected chi connectivity index (χ4v) is 2.26. The minimum absolute atomic E-state index is 0.253. The summed E-state index contributed by atoms with van der Waals surface area (Å²) in [7, 11) is 1.33. The number of carbonyl (C=O) groups excluding carboxylic acids is 1. The molecule has 19 heavy (non-hydrogen) atoms. The van der Waals surface area contributed by atoms with Crippen molar-refractivity contribution in [1.29, 1.82) is 0 Å². The second-order valence-corrected chi connectivity index (χ2v) is 4.93. The monoisotopic (exact) mass is 278 g/mol. The number of anilines is 1. The number of rotatable bonds is 4. The fraction of sp³-hybridized carbons (Fsp3) is 0.231. The lowest BCUT2D eigenvalue weighted by Gasteiger charge is -1.99. The van der Waals surface area contributed by atoms with E-state index in [1.807, 2.05) is 19.1 Å². The van der Waals surface area contributed by atoms with E-state index in [0.717, 1.165) is 10.6 Å². The van der Waals surface area contributed by atoms with Crippen LogP contribution in [-0.4, -0.2) is 18.1 Å². The third-order valence-corrected chi connectivity index (χ3v) is 3.43. The number of pyridine rings is 1. The van der Waals surface area contributed by atoms with Crippen molar-refractivity contribution in [2.75, 3.05) is 12.8 Å². The minimum atomic E-state index is -0.459. The van der Waals surface area contributed by atoms with Crippen molar-refractivity contribution >= 4 is 23.4 Å². The Hall–Kier alpha value is -1.95. The number of ether oxygens (including phenoxy) is 1. The lowest BCUT2D eigenvalue weighted by atomic mass is 10.3. The van der Waals surface area contributed by atoms with Gasteiger partial charge in [-0.3, -0.25) is 0 Å². The van der Waals surface area contributed by atoms with Crippen molar-refractivity contribution in [3.8, 4) is 0 Å². The first-order valence-corrected chi connectivity index (χ1v) is 6.60. The molecular weight excluding hydrogens is 264 g/mol. The molecule has 0 unspecified atom stereocenters. The smallest absolute Gasteiger partial charge is 0.374 e. The highest BCUT2D eigenvalue weighted by Gasteiger charge is 2.16. The first-order chi connectivity index (χ1) is 9.10. The van der Waals surface area contributed by atoms with Gasteiger partial charge in [0.15, 0.2) is 0 Å². The molecule has 100 valence electrons. The summed E-state index contributed by atoms with van der Waals surface area (Å²) in [4.78, 5) is 15.6. The Balaban J connectivity index is 2.04. The molecule has 0 spiro atoms. The summed E-state index contributed by atoms with van der Waals surface area (Å²) in [6, 6.07) is 5.47. The van der Waals surface area contributed by atoms with Gasteiger partial charge in [-0.05, 0) is 25.1 Å². The SMILES string of the molecule is COC(=O)c1oc(CSc2ccc(N)cn2)cc1C. The Kier molecular flexibility index (Phi) is 4.11. The Morgan fingerprint density at radius 2 is 2.32 bits per heavy atom. The van der Waals surface area contributed by atoms with Crippen molar-refractivity contribution in [2.45, 2.75) is 17.7 Å². The summed E-state index contributed by atoms with van der Waals surface area (Å²) in [5.74, 6) is 1.10. The number of furan rings is 1. The van der Waals surface area contributed by atoms with Crippen molar-refractivity contribution in [1.82, 2.24) is 4.98 Å². The first kappa shape index (κ1) is 13.5. The van der Waals surface area contributed by atoms with Crippen LogP contribution in [0, 0.1) is 6.92 Å². The molecule has 5 nitrogen and oxygen atoms in total. The topological polar surface area (TPSA) is 78.3 Å². The van der Waals surface area contributed by atoms with Crippen LogP contribution in [0.25, 0.3) is 0 Å². The van der Waals surface area contributed by atoms with E-state index in [1.165, 1.54) is 18.9 Å². The van der Waals surface area contributed by atoms with E-state index in [-0.39, 0.29) is 5.76 Å². The van der Waals surface area contributed by atoms with Crippen LogP contribution in [0.4, 0.5) is 5.69 Å². The number of nitrogens with two attached hydrogens (primary N) is 1. The van der Waals surface area contributed by atoms with Crippen LogP contribution in [0.5, 0.6) is 0 Å². The van der Waals surface area contributed by atoms with Gasteiger partial charge in [-0.1, -0.05) is 11.8 Å². The maximum Gasteiger partial charge on any atom is 0.374 e. The van der Waals surface area contributed by atoms with Crippen LogP contribution in [-0.2, 0) is 10.5 Å². The number of hydrogen-bond acceptors (Lipinski definition) is 6. The largest absolute Gasteiger partial charge is 0.463 e. The Morgan fingerprint density at radius 1 is 1.53 bits per heavy atom. The Labute approximate surface area is 115 Å². The third kappa shape index (κ3) is 3.29. The van der Waals surface area contributed by atoms with Gasteiger partial charge in [-0.15, -0.1) is 0 Å². The lowest BCUT2D eigenvalue weighted by molar-refractivity contribution is 0.0562. The van der Waals surface area contributed by atoms with Gasteiger partial charge in [-0.2, -0.15) is 0 Å². The number of thioether (sulfide) groups is 1. The molecule has 2 aromatic rings. The average molecular weight is 278 g/mol. The molecule has 6 heteroatoms. The van der Waals surface area contributed by atoms with E-state index < -0.39 is 5.97 Å².